The van der Waals surface area contributed by atoms with Gasteiger partial charge >= 0.3 is 0 Å². The van der Waals surface area contributed by atoms with Crippen LogP contribution in [0.15, 0.2) is 0 Å². The number of carbonyl (C=O) groups excluding carboxylic acids is 1. The molecule has 1 saturated carbocycles. The molecule has 2 heteroatoms. The lowest BCUT2D eigenvalue weighted by Gasteiger charge is -2.33. The van der Waals surface area contributed by atoms with Gasteiger partial charge in [-0.1, -0.05) is 20.3 Å². The van der Waals surface area contributed by atoms with Crippen LogP contribution in [0, 0.1) is 11.8 Å². The summed E-state index contributed by atoms with van der Waals surface area (Å²) in [4.78, 5) is 14.8. The quantitative estimate of drug-likeness (QED) is 0.733. The lowest BCUT2D eigenvalue weighted by molar-refractivity contribution is -0.127. The molecule has 2 nitrogen and oxygen atoms in total. The van der Waals surface area contributed by atoms with Crippen molar-refractivity contribution in [1.29, 1.82) is 0 Å². The number of likely N-dealkylation sites (tertiary alicyclic amines) is 1. The van der Waals surface area contributed by atoms with E-state index in [0.29, 0.717) is 17.9 Å². The van der Waals surface area contributed by atoms with E-state index in [2.05, 4.69) is 18.7 Å². The van der Waals surface area contributed by atoms with Crippen molar-refractivity contribution in [2.75, 3.05) is 0 Å². The number of hydrogen-bond donors (Lipinski definition) is 0. The van der Waals surface area contributed by atoms with E-state index in [1.807, 2.05) is 13.8 Å². The molecule has 0 bridgehead atoms. The van der Waals surface area contributed by atoms with Crippen LogP contribution in [0.2, 0.25) is 0 Å². The van der Waals surface area contributed by atoms with Gasteiger partial charge in [0.1, 0.15) is 0 Å². The number of nitrogens with zero attached hydrogens (tertiary/aromatic N) is 1. The van der Waals surface area contributed by atoms with Gasteiger partial charge in [0.2, 0.25) is 0 Å². The van der Waals surface area contributed by atoms with Crippen molar-refractivity contribution in [1.82, 2.24) is 4.90 Å². The van der Waals surface area contributed by atoms with E-state index in [-0.39, 0.29) is 12.0 Å². The summed E-state index contributed by atoms with van der Waals surface area (Å²) in [6.07, 6.45) is 5.14. The van der Waals surface area contributed by atoms with Gasteiger partial charge in [-0.3, -0.25) is 9.69 Å². The van der Waals surface area contributed by atoms with Crippen LogP contribution in [0.3, 0.4) is 0 Å². The summed E-state index contributed by atoms with van der Waals surface area (Å²) in [5.74, 6) is 1.45. The summed E-state index contributed by atoms with van der Waals surface area (Å²) >= 11 is 0. The zero-order chi connectivity index (χ0) is 11.9. The van der Waals surface area contributed by atoms with Gasteiger partial charge in [0, 0.05) is 18.0 Å². The van der Waals surface area contributed by atoms with Crippen molar-refractivity contribution in [2.45, 2.75) is 71.5 Å². The van der Waals surface area contributed by atoms with Crippen molar-refractivity contribution in [3.8, 4) is 0 Å². The first-order valence-corrected chi connectivity index (χ1v) is 6.83. The Hall–Kier alpha value is -0.370. The molecule has 0 aromatic rings. The van der Waals surface area contributed by atoms with Crippen LogP contribution in [0.25, 0.3) is 0 Å². The molecule has 92 valence electrons. The minimum absolute atomic E-state index is 0.185. The van der Waals surface area contributed by atoms with Crippen LogP contribution in [-0.2, 0) is 4.79 Å². The summed E-state index contributed by atoms with van der Waals surface area (Å²) in [5, 5.41) is 0. The molecule has 1 aliphatic carbocycles. The maximum Gasteiger partial charge on any atom is 0.152 e. The lowest BCUT2D eigenvalue weighted by Crippen LogP contribution is -2.46. The van der Waals surface area contributed by atoms with Gasteiger partial charge in [-0.15, -0.1) is 0 Å². The fraction of sp³-hybridized carbons (Fsp3) is 0.929. The highest BCUT2D eigenvalue weighted by molar-refractivity contribution is 5.86. The third-order valence-electron chi connectivity index (χ3n) is 4.38. The summed E-state index contributed by atoms with van der Waals surface area (Å²) in [5.41, 5.74) is 0. The van der Waals surface area contributed by atoms with Crippen molar-refractivity contribution in [2.24, 2.45) is 11.8 Å². The molecule has 1 heterocycles. The topological polar surface area (TPSA) is 20.3 Å². The van der Waals surface area contributed by atoms with Crippen molar-refractivity contribution in [3.63, 3.8) is 0 Å². The van der Waals surface area contributed by atoms with Gasteiger partial charge in [-0.2, -0.15) is 0 Å². The lowest BCUT2D eigenvalue weighted by atomic mass is 9.95. The summed E-state index contributed by atoms with van der Waals surface area (Å²) in [6.45, 7) is 8.55. The van der Waals surface area contributed by atoms with Crippen molar-refractivity contribution >= 4 is 5.78 Å². The summed E-state index contributed by atoms with van der Waals surface area (Å²) in [7, 11) is 0. The van der Waals surface area contributed by atoms with Gasteiger partial charge < -0.3 is 0 Å². The third-order valence-corrected chi connectivity index (χ3v) is 4.38. The van der Waals surface area contributed by atoms with E-state index in [9.17, 15) is 4.79 Å². The minimum Gasteiger partial charge on any atom is -0.298 e. The fourth-order valence-electron chi connectivity index (χ4n) is 3.72. The molecule has 0 aromatic heterocycles. The molecule has 2 unspecified atom stereocenters. The monoisotopic (exact) mass is 223 g/mol. The van der Waals surface area contributed by atoms with Gasteiger partial charge in [-0.25, -0.2) is 0 Å². The second-order valence-corrected chi connectivity index (χ2v) is 6.11. The number of fused-ring (bicyclic) bond motifs is 1. The Kier molecular flexibility index (Phi) is 3.39. The van der Waals surface area contributed by atoms with Crippen LogP contribution in [0.1, 0.15) is 53.4 Å². The molecule has 2 rings (SSSR count). The van der Waals surface area contributed by atoms with E-state index in [1.165, 1.54) is 19.3 Å². The average Bonchev–Trinajstić information content (AvgIpc) is 2.73. The highest BCUT2D eigenvalue weighted by atomic mass is 16.1. The fourth-order valence-corrected chi connectivity index (χ4v) is 3.72. The highest BCUT2D eigenvalue weighted by Gasteiger charge is 2.47. The van der Waals surface area contributed by atoms with Crippen LogP contribution in [-0.4, -0.2) is 28.8 Å². The first-order valence-electron chi connectivity index (χ1n) is 6.83. The predicted molar refractivity (Wildman–Crippen MR) is 66.4 cm³/mol. The van der Waals surface area contributed by atoms with E-state index >= 15 is 0 Å². The molecule has 2 fully saturated rings. The Balaban J connectivity index is 2.16. The SMILES string of the molecule is CC(C)C(=O)[C@@H]1CC2CCCC2N1C(C)C. The molecule has 1 saturated heterocycles. The summed E-state index contributed by atoms with van der Waals surface area (Å²) < 4.78 is 0. The van der Waals surface area contributed by atoms with Crippen LogP contribution >= 0.6 is 0 Å². The van der Waals surface area contributed by atoms with Crippen LogP contribution in [0.5, 0.6) is 0 Å². The van der Waals surface area contributed by atoms with Crippen molar-refractivity contribution in [3.05, 3.63) is 0 Å². The van der Waals surface area contributed by atoms with E-state index in [1.54, 1.807) is 0 Å². The minimum atomic E-state index is 0.185. The Labute approximate surface area is 99.4 Å². The standard InChI is InChI=1S/C14H25NO/c1-9(2)14(16)13-8-11-6-5-7-12(11)15(13)10(3)4/h9-13H,5-8H2,1-4H3/t11?,12?,13-/m0/s1. The molecule has 0 aromatic carbocycles. The number of rotatable bonds is 3. The molecule has 2 aliphatic rings. The second-order valence-electron chi connectivity index (χ2n) is 6.11. The number of hydrogen-bond acceptors (Lipinski definition) is 2. The number of Topliss-reactive ketones (excluding diaryl/α,β-unsaturated/α-hetero) is 1. The van der Waals surface area contributed by atoms with Gasteiger partial charge in [0.25, 0.3) is 0 Å². The van der Waals surface area contributed by atoms with E-state index in [0.717, 1.165) is 12.3 Å². The Morgan fingerprint density at radius 1 is 1.19 bits per heavy atom. The molecule has 1 aliphatic heterocycles. The summed E-state index contributed by atoms with van der Waals surface area (Å²) in [6, 6.07) is 1.43. The Morgan fingerprint density at radius 2 is 1.88 bits per heavy atom. The largest absolute Gasteiger partial charge is 0.298 e. The van der Waals surface area contributed by atoms with Crippen LogP contribution in [0.4, 0.5) is 0 Å². The normalized spacial score (nSPS) is 35.0. The first kappa shape index (κ1) is 12.1. The second kappa shape index (κ2) is 4.48. The van der Waals surface area contributed by atoms with Crippen molar-refractivity contribution < 1.29 is 4.79 Å². The molecular formula is C14H25NO. The number of carbonyl (C=O) groups is 1. The zero-order valence-electron chi connectivity index (χ0n) is 11.1. The Bertz CT molecular complexity index is 272. The molecule has 16 heavy (non-hydrogen) atoms. The van der Waals surface area contributed by atoms with Gasteiger partial charge in [-0.05, 0) is 39.0 Å². The molecular weight excluding hydrogens is 198 g/mol. The first-order chi connectivity index (χ1) is 7.52. The van der Waals surface area contributed by atoms with Gasteiger partial charge in [0.15, 0.2) is 5.78 Å². The van der Waals surface area contributed by atoms with Gasteiger partial charge in [0.05, 0.1) is 6.04 Å². The van der Waals surface area contributed by atoms with Crippen LogP contribution < -0.4 is 0 Å². The average molecular weight is 223 g/mol. The maximum absolute atomic E-state index is 12.2. The molecule has 3 atom stereocenters. The van der Waals surface area contributed by atoms with E-state index < -0.39 is 0 Å². The maximum atomic E-state index is 12.2. The van der Waals surface area contributed by atoms with E-state index in [4.69, 9.17) is 0 Å². The smallest absolute Gasteiger partial charge is 0.152 e. The molecule has 0 radical (unpaired) electrons. The predicted octanol–water partition coefficient (Wildman–Crippen LogP) is 2.86. The third kappa shape index (κ3) is 1.92. The highest BCUT2D eigenvalue weighted by Crippen LogP contribution is 2.42. The Morgan fingerprint density at radius 3 is 2.44 bits per heavy atom. The number of ketones is 1. The zero-order valence-corrected chi connectivity index (χ0v) is 11.1. The molecule has 0 amide bonds. The molecule has 0 spiro atoms. The molecule has 0 N–H and O–H groups in total.